The molecule has 0 spiro atoms. The quantitative estimate of drug-likeness (QED) is 0.833. The normalized spacial score (nSPS) is 17.9. The van der Waals surface area contributed by atoms with Gasteiger partial charge in [0.05, 0.1) is 13.7 Å². The molecule has 5 heteroatoms. The third-order valence-electron chi connectivity index (χ3n) is 4.28. The van der Waals surface area contributed by atoms with Crippen molar-refractivity contribution >= 4 is 5.91 Å². The van der Waals surface area contributed by atoms with Crippen LogP contribution in [0.4, 0.5) is 0 Å². The Labute approximate surface area is 145 Å². The van der Waals surface area contributed by atoms with E-state index in [-0.39, 0.29) is 5.91 Å². The van der Waals surface area contributed by atoms with Gasteiger partial charge in [-0.2, -0.15) is 0 Å². The fraction of sp³-hybridized carbons (Fsp3) is 0.632. The lowest BCUT2D eigenvalue weighted by molar-refractivity contribution is 0.0674. The molecule has 2 rings (SSSR count). The first kappa shape index (κ1) is 18.6. The van der Waals surface area contributed by atoms with Crippen LogP contribution in [0.25, 0.3) is 0 Å². The summed E-state index contributed by atoms with van der Waals surface area (Å²) >= 11 is 0. The van der Waals surface area contributed by atoms with Gasteiger partial charge in [-0.1, -0.05) is 13.8 Å². The number of rotatable bonds is 7. The maximum absolute atomic E-state index is 12.8. The van der Waals surface area contributed by atoms with Gasteiger partial charge in [0.15, 0.2) is 11.5 Å². The maximum atomic E-state index is 12.8. The molecule has 0 saturated carbocycles. The second-order valence-electron chi connectivity index (χ2n) is 6.89. The van der Waals surface area contributed by atoms with Crippen LogP contribution >= 0.6 is 0 Å². The Morgan fingerprint density at radius 2 is 2.17 bits per heavy atom. The van der Waals surface area contributed by atoms with E-state index in [2.05, 4.69) is 19.2 Å². The van der Waals surface area contributed by atoms with Gasteiger partial charge >= 0.3 is 0 Å². The molecule has 1 aromatic carbocycles. The van der Waals surface area contributed by atoms with E-state index in [1.165, 1.54) is 6.42 Å². The second kappa shape index (κ2) is 8.92. The molecule has 1 saturated heterocycles. The zero-order valence-corrected chi connectivity index (χ0v) is 15.3. The van der Waals surface area contributed by atoms with Crippen LogP contribution in [-0.2, 0) is 0 Å². The minimum Gasteiger partial charge on any atom is -0.493 e. The molecule has 0 aliphatic carbocycles. The zero-order chi connectivity index (χ0) is 17.5. The number of nitrogens with one attached hydrogen (secondary N) is 1. The zero-order valence-electron chi connectivity index (χ0n) is 15.3. The number of likely N-dealkylation sites (tertiary alicyclic amines) is 1. The molecular formula is C19H30N2O3. The number of hydrogen-bond donors (Lipinski definition) is 1. The Bertz CT molecular complexity index is 543. The second-order valence-corrected chi connectivity index (χ2v) is 6.89. The predicted octanol–water partition coefficient (Wildman–Crippen LogP) is 2.80. The first-order valence-electron chi connectivity index (χ1n) is 8.79. The molecule has 1 aliphatic heterocycles. The Balaban J connectivity index is 2.08. The van der Waals surface area contributed by atoms with Gasteiger partial charge < -0.3 is 19.7 Å². The molecular weight excluding hydrogens is 304 g/mol. The molecule has 1 N–H and O–H groups in total. The summed E-state index contributed by atoms with van der Waals surface area (Å²) in [5.74, 6) is 2.35. The van der Waals surface area contributed by atoms with Crippen LogP contribution < -0.4 is 14.8 Å². The minimum atomic E-state index is 0.0736. The van der Waals surface area contributed by atoms with Crippen molar-refractivity contribution in [2.24, 2.45) is 11.8 Å². The van der Waals surface area contributed by atoms with E-state index in [1.54, 1.807) is 13.2 Å². The van der Waals surface area contributed by atoms with Crippen LogP contribution in [0.2, 0.25) is 0 Å². The average Bonchev–Trinajstić information content (AvgIpc) is 2.59. The maximum Gasteiger partial charge on any atom is 0.254 e. The fourth-order valence-corrected chi connectivity index (χ4v) is 3.06. The summed E-state index contributed by atoms with van der Waals surface area (Å²) in [4.78, 5) is 14.8. The van der Waals surface area contributed by atoms with Gasteiger partial charge in [0.1, 0.15) is 0 Å². The summed E-state index contributed by atoms with van der Waals surface area (Å²) in [6.07, 6.45) is 2.24. The highest BCUT2D eigenvalue weighted by atomic mass is 16.5. The van der Waals surface area contributed by atoms with Crippen molar-refractivity contribution in [1.29, 1.82) is 0 Å². The summed E-state index contributed by atoms with van der Waals surface area (Å²) < 4.78 is 11.2. The molecule has 0 radical (unpaired) electrons. The number of benzene rings is 1. The largest absolute Gasteiger partial charge is 0.493 e. The molecule has 1 atom stereocenters. The van der Waals surface area contributed by atoms with Crippen molar-refractivity contribution in [2.45, 2.75) is 26.7 Å². The van der Waals surface area contributed by atoms with Crippen LogP contribution in [-0.4, -0.2) is 51.2 Å². The van der Waals surface area contributed by atoms with Crippen LogP contribution in [0.15, 0.2) is 18.2 Å². The first-order chi connectivity index (χ1) is 11.5. The van der Waals surface area contributed by atoms with Gasteiger partial charge in [-0.15, -0.1) is 0 Å². The molecule has 134 valence electrons. The van der Waals surface area contributed by atoms with Crippen molar-refractivity contribution in [2.75, 3.05) is 40.4 Å². The predicted molar refractivity (Wildman–Crippen MR) is 95.9 cm³/mol. The van der Waals surface area contributed by atoms with E-state index in [0.717, 1.165) is 26.1 Å². The highest BCUT2D eigenvalue weighted by molar-refractivity contribution is 5.95. The highest BCUT2D eigenvalue weighted by Gasteiger charge is 2.24. The molecule has 0 bridgehead atoms. The number of carbonyl (C=O) groups is 1. The van der Waals surface area contributed by atoms with E-state index in [9.17, 15) is 4.79 Å². The van der Waals surface area contributed by atoms with Crippen molar-refractivity contribution in [3.8, 4) is 11.5 Å². The summed E-state index contributed by atoms with van der Waals surface area (Å²) in [5.41, 5.74) is 0.661. The molecule has 24 heavy (non-hydrogen) atoms. The van der Waals surface area contributed by atoms with Gasteiger partial charge in [-0.05, 0) is 56.5 Å². The van der Waals surface area contributed by atoms with Crippen molar-refractivity contribution < 1.29 is 14.3 Å². The Hall–Kier alpha value is -1.75. The lowest BCUT2D eigenvalue weighted by Gasteiger charge is -2.33. The molecule has 0 aromatic heterocycles. The first-order valence-corrected chi connectivity index (χ1v) is 8.79. The summed E-state index contributed by atoms with van der Waals surface area (Å²) in [7, 11) is 3.57. The van der Waals surface area contributed by atoms with Gasteiger partial charge in [0.25, 0.3) is 5.91 Å². The Morgan fingerprint density at radius 1 is 1.38 bits per heavy atom. The van der Waals surface area contributed by atoms with Gasteiger partial charge in [-0.25, -0.2) is 0 Å². The molecule has 1 aromatic rings. The molecule has 1 aliphatic rings. The Kier molecular flexibility index (Phi) is 6.91. The van der Waals surface area contributed by atoms with Crippen molar-refractivity contribution in [1.82, 2.24) is 10.2 Å². The summed E-state index contributed by atoms with van der Waals surface area (Å²) in [5, 5.41) is 3.21. The Morgan fingerprint density at radius 3 is 2.83 bits per heavy atom. The summed E-state index contributed by atoms with van der Waals surface area (Å²) in [6.45, 7) is 7.42. The van der Waals surface area contributed by atoms with E-state index < -0.39 is 0 Å². The van der Waals surface area contributed by atoms with Crippen LogP contribution in [0.1, 0.15) is 37.0 Å². The van der Waals surface area contributed by atoms with Crippen LogP contribution in [0, 0.1) is 11.8 Å². The van der Waals surface area contributed by atoms with Gasteiger partial charge in [-0.3, -0.25) is 4.79 Å². The number of hydrogen-bond acceptors (Lipinski definition) is 4. The minimum absolute atomic E-state index is 0.0736. The number of ether oxygens (including phenoxy) is 2. The monoisotopic (exact) mass is 334 g/mol. The van der Waals surface area contributed by atoms with Crippen molar-refractivity contribution in [3.63, 3.8) is 0 Å². The smallest absolute Gasteiger partial charge is 0.254 e. The van der Waals surface area contributed by atoms with E-state index >= 15 is 0 Å². The average molecular weight is 334 g/mol. The third kappa shape index (κ3) is 4.87. The number of amides is 1. The van der Waals surface area contributed by atoms with E-state index in [1.807, 2.05) is 24.1 Å². The topological polar surface area (TPSA) is 50.8 Å². The number of nitrogens with zero attached hydrogens (tertiary/aromatic N) is 1. The van der Waals surface area contributed by atoms with E-state index in [0.29, 0.717) is 35.5 Å². The molecule has 1 fully saturated rings. The van der Waals surface area contributed by atoms with Gasteiger partial charge in [0, 0.05) is 18.7 Å². The molecule has 1 heterocycles. The van der Waals surface area contributed by atoms with Crippen molar-refractivity contribution in [3.05, 3.63) is 23.8 Å². The fourth-order valence-electron chi connectivity index (χ4n) is 3.06. The SMILES string of the molecule is CNC[C@H]1CCCN(C(=O)c2ccc(OCC(C)C)c(OC)c2)C1. The highest BCUT2D eigenvalue weighted by Crippen LogP contribution is 2.29. The lowest BCUT2D eigenvalue weighted by atomic mass is 9.97. The van der Waals surface area contributed by atoms with E-state index in [4.69, 9.17) is 9.47 Å². The van der Waals surface area contributed by atoms with Crippen LogP contribution in [0.3, 0.4) is 0 Å². The lowest BCUT2D eigenvalue weighted by Crippen LogP contribution is -2.42. The molecule has 1 amide bonds. The number of piperidine rings is 1. The third-order valence-corrected chi connectivity index (χ3v) is 4.28. The summed E-state index contributed by atoms with van der Waals surface area (Å²) in [6, 6.07) is 5.46. The number of methoxy groups -OCH3 is 1. The van der Waals surface area contributed by atoms with Gasteiger partial charge in [0.2, 0.25) is 0 Å². The van der Waals surface area contributed by atoms with Crippen LogP contribution in [0.5, 0.6) is 11.5 Å². The number of carbonyl (C=O) groups excluding carboxylic acids is 1. The molecule has 5 nitrogen and oxygen atoms in total. The molecule has 0 unspecified atom stereocenters. The standard InChI is InChI=1S/C19H30N2O3/c1-14(2)13-24-17-8-7-16(10-18(17)23-4)19(22)21-9-5-6-15(12-21)11-20-3/h7-8,10,14-15,20H,5-6,9,11-13H2,1-4H3/t15-/m1/s1.